The third-order valence-electron chi connectivity index (χ3n) is 3.13. The van der Waals surface area contributed by atoms with Crippen LogP contribution < -0.4 is 5.73 Å². The second-order valence-corrected chi connectivity index (χ2v) is 4.70. The highest BCUT2D eigenvalue weighted by Crippen LogP contribution is 2.04. The molecule has 0 aliphatic heterocycles. The van der Waals surface area contributed by atoms with Gasteiger partial charge in [-0.3, -0.25) is 4.99 Å². The monoisotopic (exact) mass is 318 g/mol. The Balaban J connectivity index is 0. The van der Waals surface area contributed by atoms with Crippen LogP contribution in [0.25, 0.3) is 0 Å². The Morgan fingerprint density at radius 3 is 2.35 bits per heavy atom. The second kappa shape index (κ2) is 14.8. The number of benzene rings is 1. The van der Waals surface area contributed by atoms with E-state index < -0.39 is 0 Å². The van der Waals surface area contributed by atoms with Crippen molar-refractivity contribution in [3.63, 3.8) is 0 Å². The molecule has 1 aromatic rings. The van der Waals surface area contributed by atoms with Gasteiger partial charge in [0.25, 0.3) is 0 Å². The van der Waals surface area contributed by atoms with Crippen molar-refractivity contribution in [2.24, 2.45) is 10.7 Å². The van der Waals surface area contributed by atoms with Gasteiger partial charge in [-0.25, -0.2) is 0 Å². The van der Waals surface area contributed by atoms with Gasteiger partial charge in [-0.2, -0.15) is 0 Å². The molecule has 2 nitrogen and oxygen atoms in total. The third-order valence-corrected chi connectivity index (χ3v) is 3.13. The molecular formula is C16H28Cl2N2. The van der Waals surface area contributed by atoms with Crippen molar-refractivity contribution in [2.45, 2.75) is 45.4 Å². The molecule has 20 heavy (non-hydrogen) atoms. The number of rotatable bonds is 9. The Hall–Kier alpha value is -0.570. The van der Waals surface area contributed by atoms with Crippen molar-refractivity contribution < 1.29 is 0 Å². The van der Waals surface area contributed by atoms with Crippen molar-refractivity contribution in [1.82, 2.24) is 0 Å². The standard InChI is InChI=1S/C16H26N2.2ClH/c1-2-3-4-8-13-18-16(14-17)12-11-15-9-6-5-7-10-15;;/h5-7,9-10H,2-4,8,11-14,17H2,1H3;2*1H. The van der Waals surface area contributed by atoms with Crippen LogP contribution in [0.1, 0.15) is 44.6 Å². The Labute approximate surface area is 136 Å². The van der Waals surface area contributed by atoms with Gasteiger partial charge in [0.2, 0.25) is 0 Å². The smallest absolute Gasteiger partial charge is 0.0389 e. The fraction of sp³-hybridized carbons (Fsp3) is 0.562. The van der Waals surface area contributed by atoms with Gasteiger partial charge >= 0.3 is 0 Å². The number of aryl methyl sites for hydroxylation is 1. The molecule has 2 N–H and O–H groups in total. The van der Waals surface area contributed by atoms with Gasteiger partial charge in [-0.1, -0.05) is 56.5 Å². The third kappa shape index (κ3) is 10.2. The van der Waals surface area contributed by atoms with Crippen molar-refractivity contribution in [1.29, 1.82) is 0 Å². The molecule has 116 valence electrons. The van der Waals surface area contributed by atoms with Crippen LogP contribution in [0.3, 0.4) is 0 Å². The van der Waals surface area contributed by atoms with E-state index in [1.54, 1.807) is 0 Å². The molecule has 0 fully saturated rings. The summed E-state index contributed by atoms with van der Waals surface area (Å²) < 4.78 is 0. The van der Waals surface area contributed by atoms with E-state index in [0.29, 0.717) is 6.54 Å². The lowest BCUT2D eigenvalue weighted by Gasteiger charge is -2.04. The molecule has 4 heteroatoms. The molecule has 1 rings (SSSR count). The van der Waals surface area contributed by atoms with Gasteiger partial charge in [0.05, 0.1) is 0 Å². The molecule has 0 aliphatic carbocycles. The van der Waals surface area contributed by atoms with E-state index >= 15 is 0 Å². The first-order valence-corrected chi connectivity index (χ1v) is 7.13. The van der Waals surface area contributed by atoms with Crippen LogP contribution in [-0.2, 0) is 6.42 Å². The average molecular weight is 319 g/mol. The number of unbranched alkanes of at least 4 members (excludes halogenated alkanes) is 3. The normalized spacial score (nSPS) is 10.6. The average Bonchev–Trinajstić information content (AvgIpc) is 2.43. The molecule has 0 amide bonds. The summed E-state index contributed by atoms with van der Waals surface area (Å²) in [7, 11) is 0. The molecule has 0 aromatic heterocycles. The highest BCUT2D eigenvalue weighted by atomic mass is 35.5. The van der Waals surface area contributed by atoms with Crippen LogP contribution >= 0.6 is 24.8 Å². The van der Waals surface area contributed by atoms with Crippen LogP contribution in [0.4, 0.5) is 0 Å². The maximum atomic E-state index is 5.75. The minimum Gasteiger partial charge on any atom is -0.326 e. The number of hydrogen-bond acceptors (Lipinski definition) is 2. The fourth-order valence-electron chi connectivity index (χ4n) is 1.95. The highest BCUT2D eigenvalue weighted by molar-refractivity contribution is 5.86. The number of halogens is 2. The highest BCUT2D eigenvalue weighted by Gasteiger charge is 1.98. The molecule has 0 unspecified atom stereocenters. The summed E-state index contributed by atoms with van der Waals surface area (Å²) in [4.78, 5) is 4.62. The summed E-state index contributed by atoms with van der Waals surface area (Å²) in [5, 5.41) is 0. The fourth-order valence-corrected chi connectivity index (χ4v) is 1.95. The molecule has 0 atom stereocenters. The molecule has 0 heterocycles. The Bertz CT molecular complexity index is 340. The van der Waals surface area contributed by atoms with Crippen LogP contribution in [0, 0.1) is 0 Å². The van der Waals surface area contributed by atoms with E-state index in [4.69, 9.17) is 5.73 Å². The molecule has 0 saturated heterocycles. The molecule has 0 saturated carbocycles. The van der Waals surface area contributed by atoms with Crippen molar-refractivity contribution >= 4 is 30.5 Å². The van der Waals surface area contributed by atoms with Gasteiger partial charge in [-0.15, -0.1) is 24.8 Å². The SMILES string of the molecule is CCCCCCN=C(CN)CCc1ccccc1.Cl.Cl. The summed E-state index contributed by atoms with van der Waals surface area (Å²) in [5.41, 5.74) is 8.27. The first-order valence-electron chi connectivity index (χ1n) is 7.13. The van der Waals surface area contributed by atoms with Gasteiger partial charge in [0, 0.05) is 18.8 Å². The second-order valence-electron chi connectivity index (χ2n) is 4.70. The van der Waals surface area contributed by atoms with E-state index in [0.717, 1.165) is 25.1 Å². The maximum Gasteiger partial charge on any atom is 0.0389 e. The minimum atomic E-state index is 0. The van der Waals surface area contributed by atoms with Gasteiger partial charge < -0.3 is 5.73 Å². The predicted molar refractivity (Wildman–Crippen MR) is 94.8 cm³/mol. The molecular weight excluding hydrogens is 291 g/mol. The summed E-state index contributed by atoms with van der Waals surface area (Å²) >= 11 is 0. The Kier molecular flexibility index (Phi) is 16.1. The number of nitrogens with zero attached hydrogens (tertiary/aromatic N) is 1. The maximum absolute atomic E-state index is 5.75. The Morgan fingerprint density at radius 2 is 1.75 bits per heavy atom. The lowest BCUT2D eigenvalue weighted by atomic mass is 10.1. The van der Waals surface area contributed by atoms with E-state index in [1.165, 1.54) is 31.2 Å². The Morgan fingerprint density at radius 1 is 1.05 bits per heavy atom. The zero-order chi connectivity index (χ0) is 13.1. The molecule has 0 bridgehead atoms. The molecule has 0 spiro atoms. The van der Waals surface area contributed by atoms with Gasteiger partial charge in [0.15, 0.2) is 0 Å². The first kappa shape index (κ1) is 21.7. The molecule has 0 aliphatic rings. The van der Waals surface area contributed by atoms with E-state index in [2.05, 4.69) is 42.2 Å². The largest absolute Gasteiger partial charge is 0.326 e. The van der Waals surface area contributed by atoms with E-state index in [9.17, 15) is 0 Å². The van der Waals surface area contributed by atoms with Crippen LogP contribution in [0.2, 0.25) is 0 Å². The summed E-state index contributed by atoms with van der Waals surface area (Å²) in [6, 6.07) is 10.5. The minimum absolute atomic E-state index is 0. The topological polar surface area (TPSA) is 38.4 Å². The van der Waals surface area contributed by atoms with Gasteiger partial charge in [-0.05, 0) is 24.8 Å². The van der Waals surface area contributed by atoms with Crippen molar-refractivity contribution in [3.8, 4) is 0 Å². The van der Waals surface area contributed by atoms with Crippen LogP contribution in [-0.4, -0.2) is 18.8 Å². The quantitative estimate of drug-likeness (QED) is 0.530. The van der Waals surface area contributed by atoms with Crippen molar-refractivity contribution in [3.05, 3.63) is 35.9 Å². The number of hydrogen-bond donors (Lipinski definition) is 1. The van der Waals surface area contributed by atoms with E-state index in [-0.39, 0.29) is 24.8 Å². The summed E-state index contributed by atoms with van der Waals surface area (Å²) in [6.45, 7) is 3.77. The van der Waals surface area contributed by atoms with Gasteiger partial charge in [0.1, 0.15) is 0 Å². The number of aliphatic imine (C=N–C) groups is 1. The van der Waals surface area contributed by atoms with Crippen LogP contribution in [0.5, 0.6) is 0 Å². The zero-order valence-corrected chi connectivity index (χ0v) is 14.0. The predicted octanol–water partition coefficient (Wildman–Crippen LogP) is 4.44. The lowest BCUT2D eigenvalue weighted by Crippen LogP contribution is -2.15. The zero-order valence-electron chi connectivity index (χ0n) is 12.4. The summed E-state index contributed by atoms with van der Waals surface area (Å²) in [6.07, 6.45) is 7.12. The molecule has 0 radical (unpaired) electrons. The van der Waals surface area contributed by atoms with Crippen LogP contribution in [0.15, 0.2) is 35.3 Å². The summed E-state index contributed by atoms with van der Waals surface area (Å²) in [5.74, 6) is 0. The molecule has 1 aromatic carbocycles. The lowest BCUT2D eigenvalue weighted by molar-refractivity contribution is 0.674. The first-order chi connectivity index (χ1) is 8.86. The van der Waals surface area contributed by atoms with E-state index in [1.807, 2.05) is 0 Å². The van der Waals surface area contributed by atoms with Crippen molar-refractivity contribution in [2.75, 3.05) is 13.1 Å². The number of nitrogens with two attached hydrogens (primary N) is 1.